The second-order valence-corrected chi connectivity index (χ2v) is 7.91. The molecule has 3 aliphatic heterocycles. The third kappa shape index (κ3) is 2.67. The van der Waals surface area contributed by atoms with Crippen molar-refractivity contribution in [2.75, 3.05) is 31.2 Å². The van der Waals surface area contributed by atoms with Crippen LogP contribution in [0.3, 0.4) is 0 Å². The van der Waals surface area contributed by atoms with Crippen molar-refractivity contribution in [2.45, 2.75) is 51.0 Å². The largest absolute Gasteiger partial charge is 0.374 e. The Labute approximate surface area is 126 Å². The molecule has 20 heavy (non-hydrogen) atoms. The van der Waals surface area contributed by atoms with E-state index in [2.05, 4.69) is 12.2 Å². The molecule has 3 nitrogen and oxygen atoms in total. The molecule has 1 N–H and O–H groups in total. The fourth-order valence-corrected chi connectivity index (χ4v) is 5.58. The van der Waals surface area contributed by atoms with Crippen molar-refractivity contribution in [3.05, 3.63) is 0 Å². The molecule has 4 heteroatoms. The molecule has 3 saturated heterocycles. The molecule has 0 aromatic rings. The molecular weight excluding hydrogens is 270 g/mol. The van der Waals surface area contributed by atoms with Crippen molar-refractivity contribution in [1.82, 2.24) is 5.32 Å². The van der Waals surface area contributed by atoms with Crippen LogP contribution < -0.4 is 5.32 Å². The average Bonchev–Trinajstić information content (AvgIpc) is 2.95. The third-order valence-electron chi connectivity index (χ3n) is 5.60. The van der Waals surface area contributed by atoms with Gasteiger partial charge in [-0.15, -0.1) is 0 Å². The Bertz CT molecular complexity index is 359. The molecule has 3 rings (SSSR count). The summed E-state index contributed by atoms with van der Waals surface area (Å²) < 4.78 is 6.07. The molecule has 0 aromatic carbocycles. The van der Waals surface area contributed by atoms with Crippen LogP contribution in [0.2, 0.25) is 0 Å². The molecule has 0 bridgehead atoms. The van der Waals surface area contributed by atoms with Crippen LogP contribution in [-0.4, -0.2) is 42.6 Å². The minimum Gasteiger partial charge on any atom is -0.374 e. The number of ether oxygens (including phenoxy) is 1. The van der Waals surface area contributed by atoms with Crippen LogP contribution in [0.1, 0.15) is 45.4 Å². The molecule has 3 fully saturated rings. The Morgan fingerprint density at radius 2 is 2.35 bits per heavy atom. The van der Waals surface area contributed by atoms with E-state index in [1.807, 2.05) is 11.8 Å². The number of piperidine rings is 1. The first-order valence-corrected chi connectivity index (χ1v) is 9.32. The zero-order chi connectivity index (χ0) is 14.1. The van der Waals surface area contributed by atoms with Crippen LogP contribution in [-0.2, 0) is 9.53 Å². The topological polar surface area (TPSA) is 38.3 Å². The fourth-order valence-electron chi connectivity index (χ4n) is 4.20. The third-order valence-corrected chi connectivity index (χ3v) is 6.83. The van der Waals surface area contributed by atoms with Crippen LogP contribution in [0.15, 0.2) is 0 Å². The molecule has 1 spiro atoms. The number of thioether (sulfide) groups is 1. The van der Waals surface area contributed by atoms with Crippen LogP contribution in [0, 0.1) is 11.3 Å². The number of Topliss-reactive ketones (excluding diaryl/α,β-unsaturated/α-hetero) is 1. The SMILES string of the molecule is CCC1(C(=O)C2CCOC3(CCSC3)C2)CCCNC1. The molecule has 3 atom stereocenters. The highest BCUT2D eigenvalue weighted by Crippen LogP contribution is 2.44. The lowest BCUT2D eigenvalue weighted by Gasteiger charge is -2.43. The van der Waals surface area contributed by atoms with Gasteiger partial charge in [0.25, 0.3) is 0 Å². The van der Waals surface area contributed by atoms with E-state index in [-0.39, 0.29) is 16.9 Å². The fraction of sp³-hybridized carbons (Fsp3) is 0.938. The standard InChI is InChI=1S/C16H27NO2S/c1-2-15(5-3-7-17-11-15)14(18)13-4-8-19-16(10-13)6-9-20-12-16/h13,17H,2-12H2,1H3. The number of nitrogens with one attached hydrogen (secondary N) is 1. The van der Waals surface area contributed by atoms with Gasteiger partial charge in [-0.25, -0.2) is 0 Å². The number of hydrogen-bond acceptors (Lipinski definition) is 4. The van der Waals surface area contributed by atoms with E-state index in [9.17, 15) is 4.79 Å². The molecule has 0 aliphatic carbocycles. The zero-order valence-electron chi connectivity index (χ0n) is 12.6. The Hall–Kier alpha value is -0.0600. The number of rotatable bonds is 3. The Kier molecular flexibility index (Phi) is 4.44. The second-order valence-electron chi connectivity index (χ2n) is 6.80. The maximum atomic E-state index is 13.1. The van der Waals surface area contributed by atoms with Crippen LogP contribution in [0.4, 0.5) is 0 Å². The highest BCUT2D eigenvalue weighted by molar-refractivity contribution is 7.99. The van der Waals surface area contributed by atoms with Crippen LogP contribution in [0.25, 0.3) is 0 Å². The van der Waals surface area contributed by atoms with Crippen molar-refractivity contribution >= 4 is 17.5 Å². The van der Waals surface area contributed by atoms with Crippen molar-refractivity contribution in [3.8, 4) is 0 Å². The van der Waals surface area contributed by atoms with Gasteiger partial charge in [0.05, 0.1) is 5.60 Å². The molecule has 0 amide bonds. The summed E-state index contributed by atoms with van der Waals surface area (Å²) in [4.78, 5) is 13.1. The van der Waals surface area contributed by atoms with E-state index in [1.54, 1.807) is 0 Å². The zero-order valence-corrected chi connectivity index (χ0v) is 13.4. The molecule has 114 valence electrons. The van der Waals surface area contributed by atoms with E-state index >= 15 is 0 Å². The van der Waals surface area contributed by atoms with Crippen molar-refractivity contribution in [1.29, 1.82) is 0 Å². The summed E-state index contributed by atoms with van der Waals surface area (Å²) in [6.07, 6.45) is 6.25. The van der Waals surface area contributed by atoms with Crippen molar-refractivity contribution in [3.63, 3.8) is 0 Å². The van der Waals surface area contributed by atoms with E-state index in [0.29, 0.717) is 5.78 Å². The van der Waals surface area contributed by atoms with Gasteiger partial charge in [0.15, 0.2) is 0 Å². The summed E-state index contributed by atoms with van der Waals surface area (Å²) >= 11 is 1.98. The van der Waals surface area contributed by atoms with Gasteiger partial charge in [-0.2, -0.15) is 11.8 Å². The lowest BCUT2D eigenvalue weighted by atomic mass is 9.68. The quantitative estimate of drug-likeness (QED) is 0.869. The normalized spacial score (nSPS) is 42.0. The number of ketones is 1. The molecule has 3 aliphatic rings. The summed E-state index contributed by atoms with van der Waals surface area (Å²) in [6, 6.07) is 0. The van der Waals surface area contributed by atoms with Gasteiger partial charge in [0, 0.05) is 30.2 Å². The summed E-state index contributed by atoms with van der Waals surface area (Å²) in [7, 11) is 0. The van der Waals surface area contributed by atoms with Gasteiger partial charge in [-0.3, -0.25) is 4.79 Å². The van der Waals surface area contributed by atoms with Gasteiger partial charge < -0.3 is 10.1 Å². The summed E-state index contributed by atoms with van der Waals surface area (Å²) in [6.45, 7) is 4.93. The molecular formula is C16H27NO2S. The Morgan fingerprint density at radius 1 is 1.45 bits per heavy atom. The molecule has 3 unspecified atom stereocenters. The highest BCUT2D eigenvalue weighted by Gasteiger charge is 2.47. The molecule has 0 aromatic heterocycles. The van der Waals surface area contributed by atoms with Crippen molar-refractivity contribution < 1.29 is 9.53 Å². The summed E-state index contributed by atoms with van der Waals surface area (Å²) in [5.74, 6) is 3.06. The second kappa shape index (κ2) is 5.98. The van der Waals surface area contributed by atoms with Crippen LogP contribution in [0.5, 0.6) is 0 Å². The monoisotopic (exact) mass is 297 g/mol. The van der Waals surface area contributed by atoms with Gasteiger partial charge in [0.1, 0.15) is 5.78 Å². The lowest BCUT2D eigenvalue weighted by Crippen LogP contribution is -2.51. The van der Waals surface area contributed by atoms with Gasteiger partial charge >= 0.3 is 0 Å². The molecule has 0 saturated carbocycles. The van der Waals surface area contributed by atoms with E-state index < -0.39 is 0 Å². The number of hydrogen-bond donors (Lipinski definition) is 1. The van der Waals surface area contributed by atoms with Gasteiger partial charge in [-0.1, -0.05) is 6.92 Å². The maximum absolute atomic E-state index is 13.1. The summed E-state index contributed by atoms with van der Waals surface area (Å²) in [5.41, 5.74) is -0.0620. The number of carbonyl (C=O) groups excluding carboxylic acids is 1. The van der Waals surface area contributed by atoms with E-state index in [1.165, 1.54) is 5.75 Å². The minimum atomic E-state index is -0.0901. The molecule has 3 heterocycles. The van der Waals surface area contributed by atoms with Gasteiger partial charge in [0.2, 0.25) is 0 Å². The Balaban J connectivity index is 1.72. The first-order chi connectivity index (χ1) is 9.70. The summed E-state index contributed by atoms with van der Waals surface area (Å²) in [5, 5.41) is 3.45. The predicted octanol–water partition coefficient (Wildman–Crippen LogP) is 2.64. The van der Waals surface area contributed by atoms with Crippen molar-refractivity contribution in [2.24, 2.45) is 11.3 Å². The van der Waals surface area contributed by atoms with Crippen LogP contribution >= 0.6 is 11.8 Å². The smallest absolute Gasteiger partial charge is 0.143 e. The first kappa shape index (κ1) is 14.9. The highest BCUT2D eigenvalue weighted by atomic mass is 32.2. The predicted molar refractivity (Wildman–Crippen MR) is 83.2 cm³/mol. The number of carbonyl (C=O) groups is 1. The lowest BCUT2D eigenvalue weighted by molar-refractivity contribution is -0.144. The average molecular weight is 297 g/mol. The molecule has 0 radical (unpaired) electrons. The van der Waals surface area contributed by atoms with Gasteiger partial charge in [-0.05, 0) is 50.8 Å². The Morgan fingerprint density at radius 3 is 3.00 bits per heavy atom. The van der Waals surface area contributed by atoms with E-state index in [0.717, 1.165) is 64.0 Å². The first-order valence-electron chi connectivity index (χ1n) is 8.16. The minimum absolute atomic E-state index is 0.0280. The maximum Gasteiger partial charge on any atom is 0.143 e. The van der Waals surface area contributed by atoms with E-state index in [4.69, 9.17) is 4.74 Å².